The van der Waals surface area contributed by atoms with Crippen molar-refractivity contribution in [3.8, 4) is 0 Å². The highest BCUT2D eigenvalue weighted by Crippen LogP contribution is 2.10. The van der Waals surface area contributed by atoms with E-state index < -0.39 is 0 Å². The number of ether oxygens (including phenoxy) is 2. The van der Waals surface area contributed by atoms with Crippen molar-refractivity contribution in [3.63, 3.8) is 0 Å². The zero-order valence-electron chi connectivity index (χ0n) is 14.3. The monoisotopic (exact) mass is 319 g/mol. The predicted molar refractivity (Wildman–Crippen MR) is 93.8 cm³/mol. The maximum atomic E-state index is 5.86. The quantitative estimate of drug-likeness (QED) is 0.460. The van der Waals surface area contributed by atoms with Crippen LogP contribution in [0.15, 0.2) is 29.3 Å². The van der Waals surface area contributed by atoms with E-state index in [0.29, 0.717) is 6.10 Å². The Bertz CT molecular complexity index is 468. The van der Waals surface area contributed by atoms with Crippen LogP contribution in [0, 0.1) is 6.92 Å². The lowest BCUT2D eigenvalue weighted by Gasteiger charge is -2.22. The van der Waals surface area contributed by atoms with E-state index >= 15 is 0 Å². The number of nitrogens with one attached hydrogen (secondary N) is 2. The van der Waals surface area contributed by atoms with Crippen LogP contribution in [0.5, 0.6) is 0 Å². The Balaban J connectivity index is 1.56. The van der Waals surface area contributed by atoms with Crippen molar-refractivity contribution in [1.82, 2.24) is 10.6 Å². The molecule has 0 unspecified atom stereocenters. The van der Waals surface area contributed by atoms with Gasteiger partial charge >= 0.3 is 0 Å². The van der Waals surface area contributed by atoms with Crippen LogP contribution >= 0.6 is 0 Å². The Hall–Kier alpha value is -1.59. The summed E-state index contributed by atoms with van der Waals surface area (Å²) >= 11 is 0. The third-order valence-corrected chi connectivity index (χ3v) is 3.94. The highest BCUT2D eigenvalue weighted by Gasteiger charge is 2.13. The summed E-state index contributed by atoms with van der Waals surface area (Å²) in [5.41, 5.74) is 2.53. The summed E-state index contributed by atoms with van der Waals surface area (Å²) in [5.74, 6) is 0.830. The van der Waals surface area contributed by atoms with Crippen molar-refractivity contribution >= 4 is 5.96 Å². The van der Waals surface area contributed by atoms with Gasteiger partial charge in [-0.05, 0) is 31.7 Å². The molecule has 1 saturated heterocycles. The second-order valence-electron chi connectivity index (χ2n) is 5.87. The van der Waals surface area contributed by atoms with Crippen LogP contribution in [0.3, 0.4) is 0 Å². The highest BCUT2D eigenvalue weighted by atomic mass is 16.5. The van der Waals surface area contributed by atoms with Crippen molar-refractivity contribution in [1.29, 1.82) is 0 Å². The van der Waals surface area contributed by atoms with Crippen molar-refractivity contribution in [2.75, 3.05) is 33.4 Å². The molecule has 0 aliphatic carbocycles. The summed E-state index contributed by atoms with van der Waals surface area (Å²) in [7, 11) is 1.79. The van der Waals surface area contributed by atoms with Crippen LogP contribution in [0.2, 0.25) is 0 Å². The largest absolute Gasteiger partial charge is 0.381 e. The number of hydrogen-bond acceptors (Lipinski definition) is 3. The number of guanidine groups is 1. The van der Waals surface area contributed by atoms with E-state index in [9.17, 15) is 0 Å². The molecule has 0 bridgehead atoms. The van der Waals surface area contributed by atoms with Gasteiger partial charge in [0, 0.05) is 40.0 Å². The van der Waals surface area contributed by atoms with Gasteiger partial charge in [0.1, 0.15) is 0 Å². The number of aliphatic imine (C=N–C) groups is 1. The van der Waals surface area contributed by atoms with Crippen LogP contribution in [0.4, 0.5) is 0 Å². The van der Waals surface area contributed by atoms with E-state index in [1.165, 1.54) is 11.1 Å². The van der Waals surface area contributed by atoms with Gasteiger partial charge in [0.2, 0.25) is 0 Å². The molecule has 5 nitrogen and oxygen atoms in total. The third-order valence-electron chi connectivity index (χ3n) is 3.94. The van der Waals surface area contributed by atoms with Crippen molar-refractivity contribution in [3.05, 3.63) is 35.4 Å². The minimum Gasteiger partial charge on any atom is -0.381 e. The molecule has 23 heavy (non-hydrogen) atoms. The molecule has 5 heteroatoms. The molecule has 2 N–H and O–H groups in total. The summed E-state index contributed by atoms with van der Waals surface area (Å²) in [6, 6.07) is 8.52. The van der Waals surface area contributed by atoms with Crippen LogP contribution in [-0.2, 0) is 16.0 Å². The topological polar surface area (TPSA) is 54.9 Å². The second-order valence-corrected chi connectivity index (χ2v) is 5.87. The first-order chi connectivity index (χ1) is 11.3. The van der Waals surface area contributed by atoms with Gasteiger partial charge in [0.15, 0.2) is 5.96 Å². The summed E-state index contributed by atoms with van der Waals surface area (Å²) in [6.07, 6.45) is 3.39. The number of nitrogens with zero attached hydrogens (tertiary/aromatic N) is 1. The van der Waals surface area contributed by atoms with Gasteiger partial charge in [0.25, 0.3) is 0 Å². The Kier molecular flexibility index (Phi) is 7.90. The molecule has 0 atom stereocenters. The van der Waals surface area contributed by atoms with Gasteiger partial charge in [-0.1, -0.05) is 29.8 Å². The van der Waals surface area contributed by atoms with E-state index in [4.69, 9.17) is 9.47 Å². The zero-order chi connectivity index (χ0) is 16.3. The van der Waals surface area contributed by atoms with Gasteiger partial charge in [-0.2, -0.15) is 0 Å². The molecule has 0 radical (unpaired) electrons. The molecule has 0 amide bonds. The highest BCUT2D eigenvalue weighted by molar-refractivity contribution is 5.79. The summed E-state index contributed by atoms with van der Waals surface area (Å²) in [4.78, 5) is 4.25. The predicted octanol–water partition coefficient (Wildman–Crippen LogP) is 2.25. The average Bonchev–Trinajstić information content (AvgIpc) is 2.59. The lowest BCUT2D eigenvalue weighted by molar-refractivity contribution is -0.0320. The molecule has 1 aromatic carbocycles. The lowest BCUT2D eigenvalue weighted by atomic mass is 10.1. The van der Waals surface area contributed by atoms with E-state index in [0.717, 1.165) is 58.1 Å². The fourth-order valence-electron chi connectivity index (χ4n) is 2.48. The number of hydrogen-bond donors (Lipinski definition) is 2. The van der Waals surface area contributed by atoms with E-state index in [-0.39, 0.29) is 0 Å². The molecular formula is C18H29N3O2. The first-order valence-corrected chi connectivity index (χ1v) is 8.47. The van der Waals surface area contributed by atoms with Crippen molar-refractivity contribution in [2.45, 2.75) is 38.8 Å². The maximum absolute atomic E-state index is 5.86. The Labute approximate surface area is 139 Å². The van der Waals surface area contributed by atoms with Crippen molar-refractivity contribution < 1.29 is 9.47 Å². The second kappa shape index (κ2) is 10.2. The molecule has 0 spiro atoms. The van der Waals surface area contributed by atoms with Crippen LogP contribution in [0.25, 0.3) is 0 Å². The molecule has 1 aliphatic heterocycles. The molecule has 1 aliphatic rings. The summed E-state index contributed by atoms with van der Waals surface area (Å²) in [6.45, 7) is 6.18. The Morgan fingerprint density at radius 1 is 1.22 bits per heavy atom. The first-order valence-electron chi connectivity index (χ1n) is 8.47. The van der Waals surface area contributed by atoms with Crippen LogP contribution in [0.1, 0.15) is 30.4 Å². The number of benzene rings is 1. The smallest absolute Gasteiger partial charge is 0.191 e. The molecule has 1 aromatic rings. The first kappa shape index (κ1) is 17.8. The minimum absolute atomic E-state index is 0.378. The Morgan fingerprint density at radius 2 is 1.96 bits per heavy atom. The number of rotatable bonds is 7. The van der Waals surface area contributed by atoms with Gasteiger partial charge < -0.3 is 20.1 Å². The third kappa shape index (κ3) is 7.01. The lowest BCUT2D eigenvalue weighted by Crippen LogP contribution is -2.37. The summed E-state index contributed by atoms with van der Waals surface area (Å²) in [5, 5.41) is 6.65. The molecule has 1 heterocycles. The standard InChI is InChI=1S/C18H29N3O2/c1-15-4-6-16(7-5-15)14-21-18(19-2)20-10-3-11-23-17-8-12-22-13-9-17/h4-7,17H,3,8-14H2,1-2H3,(H2,19,20,21). The van der Waals surface area contributed by atoms with Gasteiger partial charge in [-0.3, -0.25) is 4.99 Å². The maximum Gasteiger partial charge on any atom is 0.191 e. The van der Waals surface area contributed by atoms with E-state index in [2.05, 4.69) is 46.8 Å². The van der Waals surface area contributed by atoms with Crippen LogP contribution < -0.4 is 10.6 Å². The molecule has 128 valence electrons. The summed E-state index contributed by atoms with van der Waals surface area (Å²) < 4.78 is 11.2. The average molecular weight is 319 g/mol. The molecular weight excluding hydrogens is 290 g/mol. The fourth-order valence-corrected chi connectivity index (χ4v) is 2.48. The van der Waals surface area contributed by atoms with Gasteiger partial charge in [-0.25, -0.2) is 0 Å². The minimum atomic E-state index is 0.378. The molecule has 1 fully saturated rings. The van der Waals surface area contributed by atoms with Crippen molar-refractivity contribution in [2.24, 2.45) is 4.99 Å². The molecule has 0 aromatic heterocycles. The SMILES string of the molecule is CN=C(NCCCOC1CCOCC1)NCc1ccc(C)cc1. The molecule has 2 rings (SSSR count). The number of aryl methyl sites for hydroxylation is 1. The van der Waals surface area contributed by atoms with Gasteiger partial charge in [-0.15, -0.1) is 0 Å². The zero-order valence-corrected chi connectivity index (χ0v) is 14.3. The van der Waals surface area contributed by atoms with E-state index in [1.807, 2.05) is 0 Å². The fraction of sp³-hybridized carbons (Fsp3) is 0.611. The molecule has 0 saturated carbocycles. The van der Waals surface area contributed by atoms with E-state index in [1.54, 1.807) is 7.05 Å². The normalized spacial score (nSPS) is 16.3. The Morgan fingerprint density at radius 3 is 2.65 bits per heavy atom. The van der Waals surface area contributed by atoms with Crippen LogP contribution in [-0.4, -0.2) is 45.5 Å². The van der Waals surface area contributed by atoms with Gasteiger partial charge in [0.05, 0.1) is 6.10 Å².